The number of carbonyl (C=O) groups excluding carboxylic acids is 1. The minimum Gasteiger partial charge on any atom is -0.376 e. The van der Waals surface area contributed by atoms with Crippen LogP contribution in [0.4, 0.5) is 0 Å². The maximum atomic E-state index is 12.9. The Labute approximate surface area is 190 Å². The summed E-state index contributed by atoms with van der Waals surface area (Å²) in [4.78, 5) is 14.3. The van der Waals surface area contributed by atoms with E-state index in [1.165, 1.54) is 28.2 Å². The minimum atomic E-state index is -3.79. The lowest BCUT2D eigenvalue weighted by atomic mass is 10.2. The molecule has 2 aliphatic rings. The van der Waals surface area contributed by atoms with Gasteiger partial charge < -0.3 is 9.64 Å². The first-order valence-corrected chi connectivity index (χ1v) is 12.7. The molecule has 11 nitrogen and oxygen atoms in total. The van der Waals surface area contributed by atoms with Gasteiger partial charge in [-0.3, -0.25) is 4.79 Å². The summed E-state index contributed by atoms with van der Waals surface area (Å²) in [7, 11) is -3.79. The van der Waals surface area contributed by atoms with Gasteiger partial charge in [0.2, 0.25) is 21.1 Å². The zero-order valence-corrected chi connectivity index (χ0v) is 19.0. The molecule has 0 aliphatic carbocycles. The molecule has 0 bridgehead atoms. The average molecular weight is 478 g/mol. The summed E-state index contributed by atoms with van der Waals surface area (Å²) in [5, 5.41) is 21.5. The first-order valence-electron chi connectivity index (χ1n) is 10.3. The fourth-order valence-corrected chi connectivity index (χ4v) is 6.07. The van der Waals surface area contributed by atoms with E-state index < -0.39 is 10.0 Å². The molecule has 4 rings (SSSR count). The Balaban J connectivity index is 1.31. The van der Waals surface area contributed by atoms with Crippen molar-refractivity contribution < 1.29 is 17.9 Å². The number of tetrazole rings is 1. The maximum absolute atomic E-state index is 12.9. The number of nitrogens with zero attached hydrogens (tertiary/aromatic N) is 7. The largest absolute Gasteiger partial charge is 0.376 e. The highest BCUT2D eigenvalue weighted by Gasteiger charge is 2.31. The number of sulfonamides is 1. The first kappa shape index (κ1) is 22.7. The Morgan fingerprint density at radius 1 is 1.25 bits per heavy atom. The highest BCUT2D eigenvalue weighted by molar-refractivity contribution is 7.99. The molecule has 13 heteroatoms. The molecule has 2 aliphatic heterocycles. The van der Waals surface area contributed by atoms with Gasteiger partial charge in [0.15, 0.2) is 0 Å². The normalized spacial score (nSPS) is 19.7. The van der Waals surface area contributed by atoms with Gasteiger partial charge in [-0.2, -0.15) is 9.57 Å². The molecule has 2 aromatic rings. The van der Waals surface area contributed by atoms with Gasteiger partial charge in [0.25, 0.3) is 0 Å². The number of benzene rings is 1. The lowest BCUT2D eigenvalue weighted by Crippen LogP contribution is -2.51. The molecule has 2 saturated heterocycles. The maximum Gasteiger partial charge on any atom is 0.244 e. The van der Waals surface area contributed by atoms with E-state index in [1.54, 1.807) is 21.7 Å². The van der Waals surface area contributed by atoms with Crippen LogP contribution in [0.1, 0.15) is 18.4 Å². The third-order valence-electron chi connectivity index (χ3n) is 5.44. The van der Waals surface area contributed by atoms with E-state index in [-0.39, 0.29) is 54.4 Å². The Morgan fingerprint density at radius 2 is 2.03 bits per heavy atom. The van der Waals surface area contributed by atoms with Gasteiger partial charge in [0.1, 0.15) is 6.07 Å². The number of thioether (sulfide) groups is 1. The van der Waals surface area contributed by atoms with E-state index in [1.807, 2.05) is 6.07 Å². The van der Waals surface area contributed by atoms with Crippen LogP contribution in [0.3, 0.4) is 0 Å². The Hall–Kier alpha value is -2.53. The van der Waals surface area contributed by atoms with Crippen molar-refractivity contribution in [2.24, 2.45) is 0 Å². The van der Waals surface area contributed by atoms with Crippen molar-refractivity contribution in [1.29, 1.82) is 5.26 Å². The zero-order valence-electron chi connectivity index (χ0n) is 17.3. The zero-order chi connectivity index (χ0) is 22.6. The van der Waals surface area contributed by atoms with Crippen LogP contribution in [-0.4, -0.2) is 88.4 Å². The lowest BCUT2D eigenvalue weighted by molar-refractivity contribution is -0.129. The second kappa shape index (κ2) is 9.95. The Morgan fingerprint density at radius 3 is 2.75 bits per heavy atom. The molecular formula is C19H23N7O4S2. The smallest absolute Gasteiger partial charge is 0.244 e. The molecule has 0 saturated carbocycles. The quantitative estimate of drug-likeness (QED) is 0.518. The third-order valence-corrected chi connectivity index (χ3v) is 8.34. The molecule has 2 fully saturated rings. The first-order chi connectivity index (χ1) is 15.5. The summed E-state index contributed by atoms with van der Waals surface area (Å²) in [6.07, 6.45) is 2.08. The van der Waals surface area contributed by atoms with Gasteiger partial charge in [-0.15, -0.1) is 5.10 Å². The van der Waals surface area contributed by atoms with Crippen molar-refractivity contribution in [3.05, 3.63) is 29.8 Å². The number of hydrogen-bond donors (Lipinski definition) is 0. The molecule has 32 heavy (non-hydrogen) atoms. The molecular weight excluding hydrogens is 454 g/mol. The summed E-state index contributed by atoms with van der Waals surface area (Å²) in [5.41, 5.74) is 0.114. The van der Waals surface area contributed by atoms with Crippen molar-refractivity contribution in [1.82, 2.24) is 29.4 Å². The molecule has 0 radical (unpaired) electrons. The number of aromatic nitrogens is 4. The number of rotatable bonds is 7. The van der Waals surface area contributed by atoms with Gasteiger partial charge in [0, 0.05) is 32.8 Å². The predicted octanol–water partition coefficient (Wildman–Crippen LogP) is 0.349. The van der Waals surface area contributed by atoms with E-state index in [4.69, 9.17) is 4.74 Å². The van der Waals surface area contributed by atoms with E-state index in [0.29, 0.717) is 11.7 Å². The second-order valence-corrected chi connectivity index (χ2v) is 10.3. The topological polar surface area (TPSA) is 134 Å². The van der Waals surface area contributed by atoms with Crippen molar-refractivity contribution in [2.75, 3.05) is 38.5 Å². The van der Waals surface area contributed by atoms with E-state index >= 15 is 0 Å². The van der Waals surface area contributed by atoms with Crippen molar-refractivity contribution in [3.8, 4) is 6.07 Å². The minimum absolute atomic E-state index is 0.00379. The SMILES string of the molecule is N#Cc1ccccc1S(=O)(=O)N1CCN(C(=O)CSc2nnnn2C[C@@H]2CCCO2)CC1. The fraction of sp³-hybridized carbons (Fsp3) is 0.526. The van der Waals surface area contributed by atoms with Crippen LogP contribution in [0.25, 0.3) is 0 Å². The predicted molar refractivity (Wildman–Crippen MR) is 114 cm³/mol. The summed E-state index contributed by atoms with van der Waals surface area (Å²) in [6, 6.07) is 8.06. The molecule has 0 N–H and O–H groups in total. The molecule has 0 spiro atoms. The molecule has 1 aromatic carbocycles. The van der Waals surface area contributed by atoms with Gasteiger partial charge in [-0.1, -0.05) is 23.9 Å². The highest BCUT2D eigenvalue weighted by Crippen LogP contribution is 2.22. The number of hydrogen-bond acceptors (Lipinski definition) is 9. The Bertz CT molecular complexity index is 1100. The van der Waals surface area contributed by atoms with Crippen molar-refractivity contribution in [2.45, 2.75) is 35.5 Å². The monoisotopic (exact) mass is 477 g/mol. The van der Waals surface area contributed by atoms with Gasteiger partial charge in [0.05, 0.1) is 28.9 Å². The van der Waals surface area contributed by atoms with Crippen LogP contribution < -0.4 is 0 Å². The van der Waals surface area contributed by atoms with Crippen LogP contribution in [0.15, 0.2) is 34.3 Å². The highest BCUT2D eigenvalue weighted by atomic mass is 32.2. The van der Waals surface area contributed by atoms with Crippen LogP contribution in [0, 0.1) is 11.3 Å². The molecule has 1 aromatic heterocycles. The summed E-state index contributed by atoms with van der Waals surface area (Å²) >= 11 is 1.26. The number of nitriles is 1. The summed E-state index contributed by atoms with van der Waals surface area (Å²) < 4.78 is 34.5. The lowest BCUT2D eigenvalue weighted by Gasteiger charge is -2.34. The molecule has 1 atom stereocenters. The number of piperazine rings is 1. The standard InChI is InChI=1S/C19H23N7O4S2/c20-12-15-4-1-2-6-17(15)32(28,29)25-9-7-24(8-10-25)18(27)14-31-19-21-22-23-26(19)13-16-5-3-11-30-16/h1-2,4,6,16H,3,5,7-11,13-14H2/t16-/m0/s1. The van der Waals surface area contributed by atoms with E-state index in [0.717, 1.165) is 19.4 Å². The van der Waals surface area contributed by atoms with Gasteiger partial charge in [-0.05, 0) is 35.4 Å². The summed E-state index contributed by atoms with van der Waals surface area (Å²) in [5.74, 6) is 0.0618. The van der Waals surface area contributed by atoms with Crippen LogP contribution in [-0.2, 0) is 26.1 Å². The summed E-state index contributed by atoms with van der Waals surface area (Å²) in [6.45, 7) is 2.23. The third kappa shape index (κ3) is 4.93. The van der Waals surface area contributed by atoms with Crippen molar-refractivity contribution in [3.63, 3.8) is 0 Å². The number of amides is 1. The fourth-order valence-electron chi connectivity index (χ4n) is 3.71. The van der Waals surface area contributed by atoms with Crippen LogP contribution in [0.5, 0.6) is 0 Å². The molecule has 0 unspecified atom stereocenters. The Kier molecular flexibility index (Phi) is 7.04. The van der Waals surface area contributed by atoms with E-state index in [2.05, 4.69) is 15.5 Å². The van der Waals surface area contributed by atoms with Crippen molar-refractivity contribution >= 4 is 27.7 Å². The van der Waals surface area contributed by atoms with E-state index in [9.17, 15) is 18.5 Å². The molecule has 1 amide bonds. The molecule has 170 valence electrons. The number of ether oxygens (including phenoxy) is 1. The average Bonchev–Trinajstić information content (AvgIpc) is 3.50. The number of carbonyl (C=O) groups is 1. The van der Waals surface area contributed by atoms with Crippen LogP contribution >= 0.6 is 11.8 Å². The van der Waals surface area contributed by atoms with Gasteiger partial charge in [-0.25, -0.2) is 13.1 Å². The van der Waals surface area contributed by atoms with Crippen LogP contribution in [0.2, 0.25) is 0 Å². The second-order valence-electron chi connectivity index (χ2n) is 7.46. The van der Waals surface area contributed by atoms with Gasteiger partial charge >= 0.3 is 0 Å². The molecule has 3 heterocycles.